The Balaban J connectivity index is 1.96. The molecule has 0 spiro atoms. The van der Waals surface area contributed by atoms with Crippen LogP contribution >= 0.6 is 0 Å². The highest BCUT2D eigenvalue weighted by Gasteiger charge is 2.12. The molecule has 0 atom stereocenters. The Hall–Kier alpha value is -2.89. The molecule has 0 saturated heterocycles. The summed E-state index contributed by atoms with van der Waals surface area (Å²) in [5.74, 6) is 0.703. The molecule has 112 valence electrons. The van der Waals surface area contributed by atoms with Crippen LogP contribution in [0.1, 0.15) is 10.4 Å². The standard InChI is InChI=1S/C16H14FN3O2/c17-8-9-22-11-6-4-10(5-7-11)16-19-13-3-1-2-12(15(18)21)14(13)20-16/h1-7H,8-9H2,(H2,18,21)(H,19,20). The van der Waals surface area contributed by atoms with Gasteiger partial charge in [-0.2, -0.15) is 0 Å². The molecule has 1 heterocycles. The molecule has 0 aliphatic heterocycles. The molecule has 2 aromatic carbocycles. The molecule has 6 heteroatoms. The van der Waals surface area contributed by atoms with Gasteiger partial charge in [0.25, 0.3) is 5.91 Å². The summed E-state index contributed by atoms with van der Waals surface area (Å²) < 4.78 is 17.3. The second-order valence-electron chi connectivity index (χ2n) is 4.71. The van der Waals surface area contributed by atoms with Crippen LogP contribution in [0.4, 0.5) is 4.39 Å². The van der Waals surface area contributed by atoms with E-state index in [1.54, 1.807) is 24.3 Å². The number of aromatic amines is 1. The number of ether oxygens (including phenoxy) is 1. The van der Waals surface area contributed by atoms with Crippen LogP contribution in [0.25, 0.3) is 22.4 Å². The number of nitrogens with zero attached hydrogens (tertiary/aromatic N) is 1. The van der Waals surface area contributed by atoms with Gasteiger partial charge in [0, 0.05) is 5.56 Å². The van der Waals surface area contributed by atoms with Gasteiger partial charge in [0.15, 0.2) is 0 Å². The minimum Gasteiger partial charge on any atom is -0.491 e. The third-order valence-electron chi connectivity index (χ3n) is 3.25. The van der Waals surface area contributed by atoms with E-state index in [0.717, 1.165) is 11.1 Å². The smallest absolute Gasteiger partial charge is 0.250 e. The molecule has 3 N–H and O–H groups in total. The van der Waals surface area contributed by atoms with Gasteiger partial charge in [-0.15, -0.1) is 0 Å². The summed E-state index contributed by atoms with van der Waals surface area (Å²) in [6.45, 7) is -0.493. The third kappa shape index (κ3) is 2.63. The van der Waals surface area contributed by atoms with Crippen LogP contribution in [-0.4, -0.2) is 29.2 Å². The Kier molecular flexibility index (Phi) is 3.74. The second kappa shape index (κ2) is 5.85. The molecular formula is C16H14FN3O2. The number of alkyl halides is 1. The van der Waals surface area contributed by atoms with Crippen molar-refractivity contribution in [1.82, 2.24) is 9.97 Å². The first kappa shape index (κ1) is 14.1. The quantitative estimate of drug-likeness (QED) is 0.760. The van der Waals surface area contributed by atoms with E-state index in [1.165, 1.54) is 0 Å². The Morgan fingerprint density at radius 2 is 2.00 bits per heavy atom. The highest BCUT2D eigenvalue weighted by atomic mass is 19.1. The van der Waals surface area contributed by atoms with Crippen molar-refractivity contribution in [3.05, 3.63) is 48.0 Å². The van der Waals surface area contributed by atoms with Crippen LogP contribution in [0.3, 0.4) is 0 Å². The first-order valence-electron chi connectivity index (χ1n) is 6.77. The summed E-state index contributed by atoms with van der Waals surface area (Å²) >= 11 is 0. The SMILES string of the molecule is NC(=O)c1cccc2[nH]c(-c3ccc(OCCF)cc3)nc12. The molecule has 0 unspecified atom stereocenters. The minimum atomic E-state index is -0.527. The first-order chi connectivity index (χ1) is 10.7. The zero-order chi connectivity index (χ0) is 15.5. The summed E-state index contributed by atoms with van der Waals surface area (Å²) in [6, 6.07) is 12.3. The number of nitrogens with one attached hydrogen (secondary N) is 1. The molecule has 22 heavy (non-hydrogen) atoms. The number of nitrogens with two attached hydrogens (primary N) is 1. The van der Waals surface area contributed by atoms with Crippen molar-refractivity contribution in [2.75, 3.05) is 13.3 Å². The number of H-pyrrole nitrogens is 1. The maximum Gasteiger partial charge on any atom is 0.250 e. The molecule has 5 nitrogen and oxygen atoms in total. The second-order valence-corrected chi connectivity index (χ2v) is 4.71. The van der Waals surface area contributed by atoms with Gasteiger partial charge in [-0.3, -0.25) is 4.79 Å². The van der Waals surface area contributed by atoms with Crippen molar-refractivity contribution >= 4 is 16.9 Å². The topological polar surface area (TPSA) is 81.0 Å². The lowest BCUT2D eigenvalue weighted by atomic mass is 10.2. The Bertz CT molecular complexity index is 812. The number of halogens is 1. The summed E-state index contributed by atoms with van der Waals surface area (Å²) in [5.41, 5.74) is 7.85. The van der Waals surface area contributed by atoms with Crippen LogP contribution in [0.2, 0.25) is 0 Å². The summed E-state index contributed by atoms with van der Waals surface area (Å²) in [5, 5.41) is 0. The number of hydrogen-bond acceptors (Lipinski definition) is 3. The maximum absolute atomic E-state index is 12.1. The number of primary amides is 1. The first-order valence-corrected chi connectivity index (χ1v) is 6.77. The molecule has 0 fully saturated rings. The lowest BCUT2D eigenvalue weighted by Crippen LogP contribution is -2.11. The number of fused-ring (bicyclic) bond motifs is 1. The number of aromatic nitrogens is 2. The largest absolute Gasteiger partial charge is 0.491 e. The predicted molar refractivity (Wildman–Crippen MR) is 81.5 cm³/mol. The Labute approximate surface area is 125 Å². The van der Waals surface area contributed by atoms with Crippen molar-refractivity contribution in [1.29, 1.82) is 0 Å². The van der Waals surface area contributed by atoms with Gasteiger partial charge in [0.2, 0.25) is 0 Å². The van der Waals surface area contributed by atoms with Crippen molar-refractivity contribution < 1.29 is 13.9 Å². The molecule has 0 aliphatic rings. The molecule has 0 radical (unpaired) electrons. The third-order valence-corrected chi connectivity index (χ3v) is 3.25. The lowest BCUT2D eigenvalue weighted by molar-refractivity contribution is 0.100. The summed E-state index contributed by atoms with van der Waals surface area (Å²) in [7, 11) is 0. The molecule has 0 bridgehead atoms. The molecule has 3 aromatic rings. The molecule has 0 saturated carbocycles. The molecule has 1 amide bonds. The fourth-order valence-corrected chi connectivity index (χ4v) is 2.23. The number of hydrogen-bond donors (Lipinski definition) is 2. The van der Waals surface area contributed by atoms with E-state index in [2.05, 4.69) is 9.97 Å². The van der Waals surface area contributed by atoms with Gasteiger partial charge >= 0.3 is 0 Å². The molecule has 0 aliphatic carbocycles. The van der Waals surface area contributed by atoms with E-state index < -0.39 is 12.6 Å². The zero-order valence-electron chi connectivity index (χ0n) is 11.7. The van der Waals surface area contributed by atoms with Crippen molar-refractivity contribution in [3.8, 4) is 17.1 Å². The van der Waals surface area contributed by atoms with E-state index in [-0.39, 0.29) is 6.61 Å². The van der Waals surface area contributed by atoms with E-state index in [0.29, 0.717) is 22.7 Å². The maximum atomic E-state index is 12.1. The van der Waals surface area contributed by atoms with Crippen molar-refractivity contribution in [2.45, 2.75) is 0 Å². The monoisotopic (exact) mass is 299 g/mol. The number of para-hydroxylation sites is 1. The fraction of sp³-hybridized carbons (Fsp3) is 0.125. The zero-order valence-corrected chi connectivity index (χ0v) is 11.7. The number of carbonyl (C=O) groups is 1. The Morgan fingerprint density at radius 3 is 2.68 bits per heavy atom. The molecule has 1 aromatic heterocycles. The Morgan fingerprint density at radius 1 is 1.23 bits per heavy atom. The van der Waals surface area contributed by atoms with E-state index in [4.69, 9.17) is 10.5 Å². The van der Waals surface area contributed by atoms with Gasteiger partial charge in [-0.25, -0.2) is 9.37 Å². The van der Waals surface area contributed by atoms with E-state index in [9.17, 15) is 9.18 Å². The average Bonchev–Trinajstić information content (AvgIpc) is 2.97. The minimum absolute atomic E-state index is 0.0337. The van der Waals surface area contributed by atoms with Crippen LogP contribution in [-0.2, 0) is 0 Å². The molecular weight excluding hydrogens is 285 g/mol. The van der Waals surface area contributed by atoms with Crippen LogP contribution in [0, 0.1) is 0 Å². The highest BCUT2D eigenvalue weighted by molar-refractivity contribution is 6.04. The highest BCUT2D eigenvalue weighted by Crippen LogP contribution is 2.24. The van der Waals surface area contributed by atoms with Gasteiger partial charge < -0.3 is 15.5 Å². The number of imidazole rings is 1. The summed E-state index contributed by atoms with van der Waals surface area (Å²) in [6.07, 6.45) is 0. The number of benzene rings is 2. The summed E-state index contributed by atoms with van der Waals surface area (Å²) in [4.78, 5) is 19.0. The van der Waals surface area contributed by atoms with Gasteiger partial charge in [0.05, 0.1) is 11.1 Å². The number of carbonyl (C=O) groups excluding carboxylic acids is 1. The van der Waals surface area contributed by atoms with Crippen LogP contribution < -0.4 is 10.5 Å². The van der Waals surface area contributed by atoms with Crippen molar-refractivity contribution in [2.24, 2.45) is 5.73 Å². The van der Waals surface area contributed by atoms with Crippen LogP contribution in [0.15, 0.2) is 42.5 Å². The number of amides is 1. The predicted octanol–water partition coefficient (Wildman–Crippen LogP) is 2.68. The van der Waals surface area contributed by atoms with Gasteiger partial charge in [-0.1, -0.05) is 6.07 Å². The number of rotatable bonds is 5. The van der Waals surface area contributed by atoms with Crippen LogP contribution in [0.5, 0.6) is 5.75 Å². The fourth-order valence-electron chi connectivity index (χ4n) is 2.23. The molecule has 3 rings (SSSR count). The van der Waals surface area contributed by atoms with E-state index >= 15 is 0 Å². The normalized spacial score (nSPS) is 10.8. The van der Waals surface area contributed by atoms with Gasteiger partial charge in [0.1, 0.15) is 30.4 Å². The van der Waals surface area contributed by atoms with E-state index in [1.807, 2.05) is 18.2 Å². The lowest BCUT2D eigenvalue weighted by Gasteiger charge is -2.03. The average molecular weight is 299 g/mol. The van der Waals surface area contributed by atoms with Gasteiger partial charge in [-0.05, 0) is 36.4 Å². The van der Waals surface area contributed by atoms with Crippen molar-refractivity contribution in [3.63, 3.8) is 0 Å².